The molecule has 9 nitrogen and oxygen atoms in total. The van der Waals surface area contributed by atoms with Crippen LogP contribution in [0.2, 0.25) is 0 Å². The molecule has 0 unspecified atom stereocenters. The number of nitrogens with zero attached hydrogens (tertiary/aromatic N) is 1. The Kier molecular flexibility index (Phi) is 6.31. The maximum absolute atomic E-state index is 12.9. The van der Waals surface area contributed by atoms with Crippen molar-refractivity contribution in [3.05, 3.63) is 60.2 Å². The molecule has 1 aliphatic heterocycles. The summed E-state index contributed by atoms with van der Waals surface area (Å²) in [5.74, 6) is -1.70. The molecule has 1 heterocycles. The third-order valence-electron chi connectivity index (χ3n) is 4.56. The van der Waals surface area contributed by atoms with Crippen LogP contribution in [0.1, 0.15) is 12.5 Å². The highest BCUT2D eigenvalue weighted by molar-refractivity contribution is 6.11. The van der Waals surface area contributed by atoms with E-state index in [9.17, 15) is 19.2 Å². The lowest BCUT2D eigenvalue weighted by molar-refractivity contribution is -0.155. The lowest BCUT2D eigenvalue weighted by Crippen LogP contribution is -2.50. The quantitative estimate of drug-likeness (QED) is 0.616. The highest BCUT2D eigenvalue weighted by atomic mass is 16.5. The van der Waals surface area contributed by atoms with Crippen LogP contribution in [0.4, 0.5) is 16.2 Å². The second-order valence-corrected chi connectivity index (χ2v) is 6.82. The molecule has 0 saturated carbocycles. The van der Waals surface area contributed by atoms with Gasteiger partial charge in [-0.3, -0.25) is 14.5 Å². The maximum Gasteiger partial charge on any atom is 0.329 e. The molecule has 0 bridgehead atoms. The Morgan fingerprint density at radius 2 is 1.80 bits per heavy atom. The zero-order valence-corrected chi connectivity index (χ0v) is 16.3. The van der Waals surface area contributed by atoms with Gasteiger partial charge in [-0.15, -0.1) is 0 Å². The van der Waals surface area contributed by atoms with Crippen LogP contribution in [0.25, 0.3) is 0 Å². The highest BCUT2D eigenvalue weighted by Gasteiger charge is 2.33. The maximum atomic E-state index is 12.9. The van der Waals surface area contributed by atoms with Crippen LogP contribution in [0.3, 0.4) is 0 Å². The van der Waals surface area contributed by atoms with E-state index in [1.807, 2.05) is 6.07 Å². The first-order valence-electron chi connectivity index (χ1n) is 9.36. The number of ether oxygens (including phenoxy) is 1. The Labute approximate surface area is 173 Å². The van der Waals surface area contributed by atoms with Gasteiger partial charge < -0.3 is 21.1 Å². The van der Waals surface area contributed by atoms with Crippen molar-refractivity contribution in [3.8, 4) is 0 Å². The summed E-state index contributed by atoms with van der Waals surface area (Å²) in [6, 6.07) is 13.9. The molecule has 0 spiro atoms. The van der Waals surface area contributed by atoms with E-state index in [1.54, 1.807) is 48.5 Å². The van der Waals surface area contributed by atoms with Crippen LogP contribution in [0, 0.1) is 0 Å². The third kappa shape index (κ3) is 4.93. The molecule has 9 heteroatoms. The number of nitrogens with one attached hydrogen (secondary N) is 2. The van der Waals surface area contributed by atoms with E-state index in [0.29, 0.717) is 11.4 Å². The second-order valence-electron chi connectivity index (χ2n) is 6.82. The fraction of sp³-hybridized carbons (Fsp3) is 0.238. The van der Waals surface area contributed by atoms with Crippen molar-refractivity contribution in [2.24, 2.45) is 5.73 Å². The Balaban J connectivity index is 1.72. The lowest BCUT2D eigenvalue weighted by atomic mass is 10.1. The molecule has 1 aliphatic rings. The van der Waals surface area contributed by atoms with Gasteiger partial charge in [0.15, 0.2) is 6.10 Å². The van der Waals surface area contributed by atoms with Gasteiger partial charge in [0.05, 0.1) is 11.4 Å². The van der Waals surface area contributed by atoms with Crippen molar-refractivity contribution in [1.82, 2.24) is 5.32 Å². The molecule has 4 N–H and O–H groups in total. The van der Waals surface area contributed by atoms with Crippen LogP contribution >= 0.6 is 0 Å². The Morgan fingerprint density at radius 1 is 1.13 bits per heavy atom. The molecular weight excluding hydrogens is 388 g/mol. The molecule has 0 radical (unpaired) electrons. The number of anilines is 2. The number of urea groups is 1. The molecule has 0 aromatic heterocycles. The van der Waals surface area contributed by atoms with E-state index >= 15 is 0 Å². The number of carbonyl (C=O) groups is 4. The summed E-state index contributed by atoms with van der Waals surface area (Å²) >= 11 is 0. The molecule has 2 aromatic rings. The zero-order valence-electron chi connectivity index (χ0n) is 16.3. The number of benzene rings is 2. The fourth-order valence-corrected chi connectivity index (χ4v) is 3.17. The van der Waals surface area contributed by atoms with E-state index in [0.717, 1.165) is 5.56 Å². The smallest absolute Gasteiger partial charge is 0.329 e. The van der Waals surface area contributed by atoms with Crippen LogP contribution in [0.5, 0.6) is 0 Å². The van der Waals surface area contributed by atoms with Crippen LogP contribution < -0.4 is 21.3 Å². The number of carbonyl (C=O) groups excluding carboxylic acids is 4. The molecular formula is C21H22N4O5. The van der Waals surface area contributed by atoms with Crippen molar-refractivity contribution >= 4 is 35.2 Å². The van der Waals surface area contributed by atoms with Crippen molar-refractivity contribution < 1.29 is 23.9 Å². The van der Waals surface area contributed by atoms with Gasteiger partial charge in [0.25, 0.3) is 5.91 Å². The summed E-state index contributed by atoms with van der Waals surface area (Å²) < 4.78 is 5.32. The zero-order chi connectivity index (χ0) is 21.7. The minimum atomic E-state index is -1.18. The lowest BCUT2D eigenvalue weighted by Gasteiger charge is -2.31. The molecule has 156 valence electrons. The highest BCUT2D eigenvalue weighted by Crippen LogP contribution is 2.29. The van der Waals surface area contributed by atoms with Gasteiger partial charge in [-0.1, -0.05) is 42.5 Å². The van der Waals surface area contributed by atoms with Gasteiger partial charge in [0, 0.05) is 6.42 Å². The van der Waals surface area contributed by atoms with E-state index in [1.165, 1.54) is 11.8 Å². The standard InChI is InChI=1S/C21H22N4O5/c1-13(19(27)25-12-18(26)23-15-9-5-6-10-17(15)25)30-20(28)16(24-21(22)29)11-14-7-3-2-4-8-14/h2-10,13,16H,11-12H2,1H3,(H,23,26)(H3,22,24,29)/t13-,16+/m1/s1. The van der Waals surface area contributed by atoms with Crippen LogP contribution in [-0.4, -0.2) is 42.5 Å². The average molecular weight is 410 g/mol. The van der Waals surface area contributed by atoms with Crippen LogP contribution in [0.15, 0.2) is 54.6 Å². The second kappa shape index (κ2) is 9.08. The van der Waals surface area contributed by atoms with E-state index in [4.69, 9.17) is 10.5 Å². The molecule has 2 aromatic carbocycles. The Bertz CT molecular complexity index is 963. The molecule has 2 atom stereocenters. The van der Waals surface area contributed by atoms with Gasteiger partial charge in [-0.25, -0.2) is 9.59 Å². The number of hydrogen-bond acceptors (Lipinski definition) is 5. The molecule has 0 fully saturated rings. The monoisotopic (exact) mass is 410 g/mol. The van der Waals surface area contributed by atoms with Gasteiger partial charge in [-0.2, -0.15) is 0 Å². The molecule has 30 heavy (non-hydrogen) atoms. The van der Waals surface area contributed by atoms with Crippen molar-refractivity contribution in [2.75, 3.05) is 16.8 Å². The SMILES string of the molecule is C[C@@H](OC(=O)[C@H](Cc1ccccc1)NC(N)=O)C(=O)N1CC(=O)Nc2ccccc21. The summed E-state index contributed by atoms with van der Waals surface area (Å²) in [5.41, 5.74) is 6.98. The summed E-state index contributed by atoms with van der Waals surface area (Å²) in [4.78, 5) is 50.1. The number of para-hydroxylation sites is 2. The summed E-state index contributed by atoms with van der Waals surface area (Å²) in [7, 11) is 0. The summed E-state index contributed by atoms with van der Waals surface area (Å²) in [6.07, 6.45) is -1.03. The fourth-order valence-electron chi connectivity index (χ4n) is 3.17. The number of esters is 1. The topological polar surface area (TPSA) is 131 Å². The molecule has 3 rings (SSSR count). The first-order chi connectivity index (χ1) is 14.3. The van der Waals surface area contributed by atoms with Gasteiger partial charge in [0.1, 0.15) is 12.6 Å². The number of fused-ring (bicyclic) bond motifs is 1. The van der Waals surface area contributed by atoms with Crippen molar-refractivity contribution in [3.63, 3.8) is 0 Å². The van der Waals surface area contributed by atoms with E-state index in [-0.39, 0.29) is 18.9 Å². The predicted octanol–water partition coefficient (Wildman–Crippen LogP) is 1.18. The number of nitrogens with two attached hydrogens (primary N) is 1. The number of amides is 4. The largest absolute Gasteiger partial charge is 0.451 e. The first kappa shape index (κ1) is 20.8. The van der Waals surface area contributed by atoms with Crippen molar-refractivity contribution in [1.29, 1.82) is 0 Å². The van der Waals surface area contributed by atoms with Gasteiger partial charge in [0.2, 0.25) is 5.91 Å². The number of hydrogen-bond donors (Lipinski definition) is 3. The normalized spacial score (nSPS) is 14.7. The molecule has 4 amide bonds. The molecule has 0 aliphatic carbocycles. The van der Waals surface area contributed by atoms with E-state index in [2.05, 4.69) is 10.6 Å². The van der Waals surface area contributed by atoms with E-state index < -0.39 is 30.1 Å². The number of rotatable bonds is 6. The Morgan fingerprint density at radius 3 is 2.50 bits per heavy atom. The van der Waals surface area contributed by atoms with Gasteiger partial charge >= 0.3 is 12.0 Å². The minimum absolute atomic E-state index is 0.151. The third-order valence-corrected chi connectivity index (χ3v) is 4.56. The molecule has 0 saturated heterocycles. The first-order valence-corrected chi connectivity index (χ1v) is 9.36. The number of primary amides is 1. The minimum Gasteiger partial charge on any atom is -0.451 e. The average Bonchev–Trinajstić information content (AvgIpc) is 2.72. The predicted molar refractivity (Wildman–Crippen MR) is 110 cm³/mol. The summed E-state index contributed by atoms with van der Waals surface area (Å²) in [5, 5.41) is 5.04. The Hall–Kier alpha value is -3.88. The van der Waals surface area contributed by atoms with Crippen molar-refractivity contribution in [2.45, 2.75) is 25.5 Å². The van der Waals surface area contributed by atoms with Gasteiger partial charge in [-0.05, 0) is 24.6 Å². The van der Waals surface area contributed by atoms with Crippen LogP contribution in [-0.2, 0) is 25.5 Å². The summed E-state index contributed by atoms with van der Waals surface area (Å²) in [6.45, 7) is 1.23.